The van der Waals surface area contributed by atoms with Gasteiger partial charge in [-0.2, -0.15) is 0 Å². The number of hydrogen-bond donors (Lipinski definition) is 2. The first-order valence-corrected chi connectivity index (χ1v) is 5.99. The van der Waals surface area contributed by atoms with Crippen LogP contribution in [-0.2, 0) is 16.1 Å². The Morgan fingerprint density at radius 2 is 1.67 bits per heavy atom. The van der Waals surface area contributed by atoms with Crippen molar-refractivity contribution in [1.29, 1.82) is 0 Å². The molecule has 0 unspecified atom stereocenters. The monoisotopic (exact) mass is 295 g/mol. The van der Waals surface area contributed by atoms with E-state index in [0.29, 0.717) is 17.2 Å². The van der Waals surface area contributed by atoms with Gasteiger partial charge in [0.05, 0.1) is 21.3 Å². The maximum atomic E-state index is 11.4. The van der Waals surface area contributed by atoms with Gasteiger partial charge in [0.2, 0.25) is 11.7 Å². The van der Waals surface area contributed by atoms with Crippen molar-refractivity contribution in [3.05, 3.63) is 29.8 Å². The molecule has 0 heterocycles. The average molecular weight is 295 g/mol. The number of carbonyl (C=O) groups excluding carboxylic acids is 1. The quantitative estimate of drug-likeness (QED) is 0.728. The third kappa shape index (κ3) is 4.72. The summed E-state index contributed by atoms with van der Waals surface area (Å²) in [5, 5.41) is 11.0. The Morgan fingerprint density at radius 1 is 1.10 bits per heavy atom. The predicted molar refractivity (Wildman–Crippen MR) is 74.7 cm³/mol. The van der Waals surface area contributed by atoms with Gasteiger partial charge in [0.25, 0.3) is 0 Å². The first-order chi connectivity index (χ1) is 10.0. The minimum atomic E-state index is -1.18. The SMILES string of the molecule is COc1cc(CNC(=O)/C=C/C(=O)O)cc(OC)c1OC. The van der Waals surface area contributed by atoms with Crippen molar-refractivity contribution in [1.82, 2.24) is 5.32 Å². The molecule has 1 aromatic rings. The van der Waals surface area contributed by atoms with Crippen molar-refractivity contribution in [3.8, 4) is 17.2 Å². The fourth-order valence-corrected chi connectivity index (χ4v) is 1.63. The lowest BCUT2D eigenvalue weighted by atomic mass is 10.1. The van der Waals surface area contributed by atoms with Gasteiger partial charge < -0.3 is 24.6 Å². The largest absolute Gasteiger partial charge is 0.493 e. The van der Waals surface area contributed by atoms with Crippen molar-refractivity contribution in [2.75, 3.05) is 21.3 Å². The van der Waals surface area contributed by atoms with Gasteiger partial charge in [-0.3, -0.25) is 4.79 Å². The molecule has 0 aliphatic rings. The smallest absolute Gasteiger partial charge is 0.328 e. The summed E-state index contributed by atoms with van der Waals surface area (Å²) in [7, 11) is 4.49. The van der Waals surface area contributed by atoms with E-state index in [-0.39, 0.29) is 6.54 Å². The molecule has 0 radical (unpaired) electrons. The predicted octanol–water partition coefficient (Wildman–Crippen LogP) is 0.969. The fraction of sp³-hybridized carbons (Fsp3) is 0.286. The Labute approximate surface area is 122 Å². The lowest BCUT2D eigenvalue weighted by Crippen LogP contribution is -2.20. The minimum absolute atomic E-state index is 0.194. The van der Waals surface area contributed by atoms with E-state index in [1.165, 1.54) is 21.3 Å². The zero-order chi connectivity index (χ0) is 15.8. The number of carbonyl (C=O) groups is 2. The van der Waals surface area contributed by atoms with Gasteiger partial charge in [-0.05, 0) is 17.7 Å². The standard InChI is InChI=1S/C14H17NO6/c1-19-10-6-9(7-11(20-2)14(10)21-3)8-15-12(16)4-5-13(17)18/h4-7H,8H2,1-3H3,(H,15,16)(H,17,18)/b5-4+. The fourth-order valence-electron chi connectivity index (χ4n) is 1.63. The number of benzene rings is 1. The van der Waals surface area contributed by atoms with Gasteiger partial charge in [0.1, 0.15) is 0 Å². The molecule has 1 amide bonds. The highest BCUT2D eigenvalue weighted by Gasteiger charge is 2.13. The van der Waals surface area contributed by atoms with E-state index in [9.17, 15) is 9.59 Å². The second kappa shape index (κ2) is 7.78. The molecule has 114 valence electrons. The topological polar surface area (TPSA) is 94.1 Å². The first-order valence-electron chi connectivity index (χ1n) is 5.99. The molecule has 0 bridgehead atoms. The van der Waals surface area contributed by atoms with Crippen LogP contribution in [0.5, 0.6) is 17.2 Å². The van der Waals surface area contributed by atoms with Crippen LogP contribution in [0.4, 0.5) is 0 Å². The van der Waals surface area contributed by atoms with Gasteiger partial charge in [0, 0.05) is 18.7 Å². The van der Waals surface area contributed by atoms with Crippen molar-refractivity contribution < 1.29 is 28.9 Å². The Hall–Kier alpha value is -2.70. The summed E-state index contributed by atoms with van der Waals surface area (Å²) in [5.74, 6) is -0.283. The number of amides is 1. The van der Waals surface area contributed by atoms with Gasteiger partial charge >= 0.3 is 5.97 Å². The second-order valence-corrected chi connectivity index (χ2v) is 3.92. The molecule has 7 nitrogen and oxygen atoms in total. The highest BCUT2D eigenvalue weighted by Crippen LogP contribution is 2.38. The van der Waals surface area contributed by atoms with Crippen LogP contribution in [0.25, 0.3) is 0 Å². The van der Waals surface area contributed by atoms with Gasteiger partial charge in [-0.15, -0.1) is 0 Å². The van der Waals surface area contributed by atoms with Crippen LogP contribution in [-0.4, -0.2) is 38.3 Å². The highest BCUT2D eigenvalue weighted by molar-refractivity contribution is 5.93. The highest BCUT2D eigenvalue weighted by atomic mass is 16.5. The van der Waals surface area contributed by atoms with Crippen LogP contribution in [0.1, 0.15) is 5.56 Å². The summed E-state index contributed by atoms with van der Waals surface area (Å²) < 4.78 is 15.6. The minimum Gasteiger partial charge on any atom is -0.493 e. The van der Waals surface area contributed by atoms with Gasteiger partial charge in [-0.25, -0.2) is 4.79 Å². The van der Waals surface area contributed by atoms with E-state index >= 15 is 0 Å². The zero-order valence-electron chi connectivity index (χ0n) is 12.0. The number of rotatable bonds is 7. The van der Waals surface area contributed by atoms with E-state index in [4.69, 9.17) is 19.3 Å². The molecule has 0 atom stereocenters. The molecule has 1 aromatic carbocycles. The van der Waals surface area contributed by atoms with E-state index in [1.807, 2.05) is 0 Å². The van der Waals surface area contributed by atoms with Crippen molar-refractivity contribution in [2.45, 2.75) is 6.54 Å². The molecule has 0 fully saturated rings. The van der Waals surface area contributed by atoms with Crippen molar-refractivity contribution >= 4 is 11.9 Å². The Balaban J connectivity index is 2.84. The molecule has 0 spiro atoms. The molecular weight excluding hydrogens is 278 g/mol. The number of ether oxygens (including phenoxy) is 3. The summed E-state index contributed by atoms with van der Waals surface area (Å²) in [4.78, 5) is 21.7. The lowest BCUT2D eigenvalue weighted by molar-refractivity contribution is -0.131. The second-order valence-electron chi connectivity index (χ2n) is 3.92. The third-order valence-corrected chi connectivity index (χ3v) is 2.57. The van der Waals surface area contributed by atoms with Crippen LogP contribution < -0.4 is 19.5 Å². The Morgan fingerprint density at radius 3 is 2.10 bits per heavy atom. The molecular formula is C14H17NO6. The molecule has 0 saturated heterocycles. The summed E-state index contributed by atoms with van der Waals surface area (Å²) in [5.41, 5.74) is 0.724. The van der Waals surface area contributed by atoms with E-state index in [2.05, 4.69) is 5.32 Å². The van der Waals surface area contributed by atoms with Gasteiger partial charge in [0.15, 0.2) is 11.5 Å². The number of nitrogens with one attached hydrogen (secondary N) is 1. The number of methoxy groups -OCH3 is 3. The number of carboxylic acid groups (broad SMARTS) is 1. The van der Waals surface area contributed by atoms with Gasteiger partial charge in [-0.1, -0.05) is 0 Å². The summed E-state index contributed by atoms with van der Waals surface area (Å²) in [6.07, 6.45) is 1.71. The molecule has 21 heavy (non-hydrogen) atoms. The Kier molecular flexibility index (Phi) is 6.06. The number of hydrogen-bond acceptors (Lipinski definition) is 5. The summed E-state index contributed by atoms with van der Waals surface area (Å²) in [6.45, 7) is 0.194. The Bertz CT molecular complexity index is 527. The van der Waals surface area contributed by atoms with E-state index in [1.54, 1.807) is 12.1 Å². The summed E-state index contributed by atoms with van der Waals surface area (Å²) in [6, 6.07) is 3.39. The lowest BCUT2D eigenvalue weighted by Gasteiger charge is -2.14. The third-order valence-electron chi connectivity index (χ3n) is 2.57. The maximum Gasteiger partial charge on any atom is 0.328 e. The molecule has 1 rings (SSSR count). The van der Waals surface area contributed by atoms with Crippen LogP contribution >= 0.6 is 0 Å². The van der Waals surface area contributed by atoms with Crippen LogP contribution in [0.15, 0.2) is 24.3 Å². The van der Waals surface area contributed by atoms with E-state index in [0.717, 1.165) is 17.7 Å². The van der Waals surface area contributed by atoms with Crippen molar-refractivity contribution in [3.63, 3.8) is 0 Å². The van der Waals surface area contributed by atoms with E-state index < -0.39 is 11.9 Å². The van der Waals surface area contributed by atoms with Crippen molar-refractivity contribution in [2.24, 2.45) is 0 Å². The average Bonchev–Trinajstić information content (AvgIpc) is 2.49. The molecule has 7 heteroatoms. The molecule has 0 aromatic heterocycles. The van der Waals surface area contributed by atoms with Crippen LogP contribution in [0, 0.1) is 0 Å². The molecule has 0 aliphatic carbocycles. The summed E-state index contributed by atoms with van der Waals surface area (Å²) >= 11 is 0. The number of aliphatic carboxylic acids is 1. The first kappa shape index (κ1) is 16.4. The molecule has 0 aliphatic heterocycles. The number of carboxylic acids is 1. The zero-order valence-corrected chi connectivity index (χ0v) is 12.0. The molecule has 0 saturated carbocycles. The normalized spacial score (nSPS) is 10.2. The van der Waals surface area contributed by atoms with Crippen LogP contribution in [0.3, 0.4) is 0 Å². The molecule has 2 N–H and O–H groups in total. The maximum absolute atomic E-state index is 11.4. The van der Waals surface area contributed by atoms with Crippen LogP contribution in [0.2, 0.25) is 0 Å².